The van der Waals surface area contributed by atoms with Gasteiger partial charge in [-0.3, -0.25) is 19.2 Å². The summed E-state index contributed by atoms with van der Waals surface area (Å²) in [6, 6.07) is 0. The van der Waals surface area contributed by atoms with Gasteiger partial charge in [-0.05, 0) is 62.4 Å². The van der Waals surface area contributed by atoms with Crippen molar-refractivity contribution in [2.75, 3.05) is 0 Å². The summed E-state index contributed by atoms with van der Waals surface area (Å²) in [7, 11) is 0. The van der Waals surface area contributed by atoms with Gasteiger partial charge in [-0.25, -0.2) is 0 Å². The first-order valence-corrected chi connectivity index (χ1v) is 9.32. The molecule has 0 radical (unpaired) electrons. The molecule has 0 amide bonds. The second kappa shape index (κ2) is 4.30. The lowest BCUT2D eigenvalue weighted by Crippen LogP contribution is -2.72. The first-order valence-electron chi connectivity index (χ1n) is 9.32. The molecule has 0 aromatic rings. The van der Waals surface area contributed by atoms with Gasteiger partial charge in [0.2, 0.25) is 0 Å². The molecule has 6 rings (SSSR count). The molecule has 25 heavy (non-hydrogen) atoms. The van der Waals surface area contributed by atoms with Crippen LogP contribution in [0.25, 0.3) is 0 Å². The molecule has 1 spiro atoms. The summed E-state index contributed by atoms with van der Waals surface area (Å²) >= 11 is 0. The maximum Gasteiger partial charge on any atom is 0.320 e. The van der Waals surface area contributed by atoms with Crippen molar-refractivity contribution in [2.24, 2.45) is 34.0 Å². The number of cyclic esters (lactones) is 2. The maximum atomic E-state index is 13.3. The highest BCUT2D eigenvalue weighted by Crippen LogP contribution is 2.71. The van der Waals surface area contributed by atoms with Crippen LogP contribution >= 0.6 is 0 Å². The quantitative estimate of drug-likeness (QED) is 0.384. The fourth-order valence-corrected chi connectivity index (χ4v) is 7.13. The van der Waals surface area contributed by atoms with Crippen LogP contribution in [0.5, 0.6) is 0 Å². The Bertz CT molecular complexity index is 781. The molecule has 0 aromatic carbocycles. The van der Waals surface area contributed by atoms with Crippen LogP contribution in [0.15, 0.2) is 12.2 Å². The Balaban J connectivity index is 1.75. The van der Waals surface area contributed by atoms with E-state index in [1.807, 2.05) is 6.92 Å². The Morgan fingerprint density at radius 2 is 1.80 bits per heavy atom. The third kappa shape index (κ3) is 1.41. The van der Waals surface area contributed by atoms with Gasteiger partial charge in [0.25, 0.3) is 0 Å². The molecule has 1 aliphatic heterocycles. The summed E-state index contributed by atoms with van der Waals surface area (Å²) in [5.74, 6) is -1.79. The molecule has 0 N–H and O–H groups in total. The molecule has 5 saturated carbocycles. The highest BCUT2D eigenvalue weighted by Gasteiger charge is 2.77. The van der Waals surface area contributed by atoms with Crippen LogP contribution in [0.3, 0.4) is 0 Å². The van der Waals surface area contributed by atoms with Gasteiger partial charge in [0.05, 0.1) is 16.2 Å². The zero-order valence-corrected chi connectivity index (χ0v) is 14.4. The van der Waals surface area contributed by atoms with E-state index in [4.69, 9.17) is 4.74 Å². The molecule has 6 fully saturated rings. The summed E-state index contributed by atoms with van der Waals surface area (Å²) in [6.45, 7) is 5.79. The van der Waals surface area contributed by atoms with Gasteiger partial charge in [-0.15, -0.1) is 0 Å². The van der Waals surface area contributed by atoms with Gasteiger partial charge in [0.15, 0.2) is 5.78 Å². The highest BCUT2D eigenvalue weighted by molar-refractivity contribution is 6.17. The molecule has 3 unspecified atom stereocenters. The summed E-state index contributed by atoms with van der Waals surface area (Å²) < 4.78 is 5.24. The highest BCUT2D eigenvalue weighted by atomic mass is 16.6. The van der Waals surface area contributed by atoms with Crippen LogP contribution in [0.1, 0.15) is 51.9 Å². The van der Waals surface area contributed by atoms with Crippen LogP contribution in [0.2, 0.25) is 0 Å². The number of carbonyl (C=O) groups excluding carboxylic acids is 4. The Morgan fingerprint density at radius 1 is 1.04 bits per heavy atom. The Hall–Kier alpha value is -1.78. The van der Waals surface area contributed by atoms with Crippen molar-refractivity contribution < 1.29 is 23.9 Å². The molecule has 1 saturated heterocycles. The monoisotopic (exact) mass is 342 g/mol. The molecule has 6 atom stereocenters. The lowest BCUT2D eigenvalue weighted by molar-refractivity contribution is -0.228. The minimum atomic E-state index is -1.10. The molecule has 5 heteroatoms. The van der Waals surface area contributed by atoms with Gasteiger partial charge in [-0.2, -0.15) is 0 Å². The van der Waals surface area contributed by atoms with E-state index in [0.29, 0.717) is 31.3 Å². The first kappa shape index (κ1) is 15.5. The average molecular weight is 342 g/mol. The minimum Gasteiger partial charge on any atom is -0.392 e. The summed E-state index contributed by atoms with van der Waals surface area (Å²) in [4.78, 5) is 51.9. The molecule has 5 aliphatic carbocycles. The number of Topliss-reactive ketones (excluding diaryl/α,β-unsaturated/α-hetero) is 2. The SMILES string of the molecule is C=C1C(=O)C23CC[C@@H]1CC2[C@@]12CCC[C@@](C)(C(=O)OC1=O)C2CC3=O. The number of hydrogen-bond acceptors (Lipinski definition) is 5. The van der Waals surface area contributed by atoms with Gasteiger partial charge in [0.1, 0.15) is 5.78 Å². The van der Waals surface area contributed by atoms with Crippen LogP contribution in [0, 0.1) is 34.0 Å². The van der Waals surface area contributed by atoms with E-state index in [2.05, 4.69) is 6.58 Å². The van der Waals surface area contributed by atoms with Crippen LogP contribution in [-0.2, 0) is 23.9 Å². The number of hydrogen-bond donors (Lipinski definition) is 0. The molecule has 132 valence electrons. The van der Waals surface area contributed by atoms with Gasteiger partial charge in [0, 0.05) is 6.42 Å². The topological polar surface area (TPSA) is 77.5 Å². The van der Waals surface area contributed by atoms with Crippen molar-refractivity contribution >= 4 is 23.5 Å². The molecule has 1 heterocycles. The lowest BCUT2D eigenvalue weighted by Gasteiger charge is -2.66. The zero-order valence-electron chi connectivity index (χ0n) is 14.4. The summed E-state index contributed by atoms with van der Waals surface area (Å²) in [5.41, 5.74) is -2.19. The third-order valence-electron chi connectivity index (χ3n) is 8.41. The van der Waals surface area contributed by atoms with Crippen molar-refractivity contribution in [3.05, 3.63) is 12.2 Å². The van der Waals surface area contributed by atoms with E-state index in [-0.39, 0.29) is 35.7 Å². The second-order valence-corrected chi connectivity index (χ2v) is 9.02. The van der Waals surface area contributed by atoms with Gasteiger partial charge >= 0.3 is 11.9 Å². The average Bonchev–Trinajstić information content (AvgIpc) is 2.59. The summed E-state index contributed by atoms with van der Waals surface area (Å²) in [6.07, 6.45) is 4.11. The Labute approximate surface area is 146 Å². The van der Waals surface area contributed by atoms with Crippen LogP contribution in [0.4, 0.5) is 0 Å². The minimum absolute atomic E-state index is 0.0545. The third-order valence-corrected chi connectivity index (χ3v) is 8.41. The number of esters is 2. The van der Waals surface area contributed by atoms with Crippen molar-refractivity contribution in [1.29, 1.82) is 0 Å². The lowest BCUT2D eigenvalue weighted by atomic mass is 9.35. The zero-order chi connectivity index (χ0) is 17.8. The molecule has 0 aromatic heterocycles. The van der Waals surface area contributed by atoms with Gasteiger partial charge < -0.3 is 4.74 Å². The predicted molar refractivity (Wildman–Crippen MR) is 86.0 cm³/mol. The number of ketones is 2. The van der Waals surface area contributed by atoms with Crippen molar-refractivity contribution in [3.63, 3.8) is 0 Å². The Kier molecular flexibility index (Phi) is 2.66. The number of rotatable bonds is 0. The smallest absolute Gasteiger partial charge is 0.320 e. The normalized spacial score (nSPS) is 51.1. The number of allylic oxidation sites excluding steroid dienone is 1. The van der Waals surface area contributed by atoms with E-state index in [1.165, 1.54) is 0 Å². The molecular weight excluding hydrogens is 320 g/mol. The molecule has 5 nitrogen and oxygen atoms in total. The molecule has 4 bridgehead atoms. The van der Waals surface area contributed by atoms with E-state index in [9.17, 15) is 19.2 Å². The van der Waals surface area contributed by atoms with Crippen LogP contribution < -0.4 is 0 Å². The largest absolute Gasteiger partial charge is 0.392 e. The Morgan fingerprint density at radius 3 is 2.56 bits per heavy atom. The number of fused-ring (bicyclic) bond motifs is 2. The van der Waals surface area contributed by atoms with E-state index in [1.54, 1.807) is 0 Å². The first-order chi connectivity index (χ1) is 11.8. The number of ether oxygens (including phenoxy) is 1. The standard InChI is InChI=1S/C20H22O5/c1-10-11-4-7-20(15(10)22)13(8-11)19-6-3-5-18(2,12(19)9-14(20)21)16(23)25-17(19)24/h11-13H,1,3-9H2,2H3/t11-,12?,13?,18-,19+,20?/m1/s1. The van der Waals surface area contributed by atoms with Crippen molar-refractivity contribution in [1.82, 2.24) is 0 Å². The van der Waals surface area contributed by atoms with E-state index < -0.39 is 28.2 Å². The molecule has 6 aliphatic rings. The van der Waals surface area contributed by atoms with Gasteiger partial charge in [-0.1, -0.05) is 13.0 Å². The van der Waals surface area contributed by atoms with E-state index in [0.717, 1.165) is 12.8 Å². The van der Waals surface area contributed by atoms with E-state index >= 15 is 0 Å². The molecular formula is C20H22O5. The van der Waals surface area contributed by atoms with Crippen molar-refractivity contribution in [3.8, 4) is 0 Å². The summed E-state index contributed by atoms with van der Waals surface area (Å²) in [5, 5.41) is 0. The number of carbonyl (C=O) groups is 4. The predicted octanol–water partition coefficient (Wildman–Crippen LogP) is 2.38. The van der Waals surface area contributed by atoms with Crippen LogP contribution in [-0.4, -0.2) is 23.5 Å². The fourth-order valence-electron chi connectivity index (χ4n) is 7.13. The maximum absolute atomic E-state index is 13.3. The van der Waals surface area contributed by atoms with Crippen molar-refractivity contribution in [2.45, 2.75) is 51.9 Å². The second-order valence-electron chi connectivity index (χ2n) is 9.02. The fraction of sp³-hybridized carbons (Fsp3) is 0.700.